The molecule has 1 aliphatic carbocycles. The fourth-order valence-corrected chi connectivity index (χ4v) is 4.58. The van der Waals surface area contributed by atoms with Crippen LogP contribution >= 0.6 is 11.8 Å². The van der Waals surface area contributed by atoms with Gasteiger partial charge in [0.25, 0.3) is 11.5 Å². The summed E-state index contributed by atoms with van der Waals surface area (Å²) < 4.78 is 15.7. The summed E-state index contributed by atoms with van der Waals surface area (Å²) in [4.78, 5) is 30.3. The predicted octanol–water partition coefficient (Wildman–Crippen LogP) is 4.77. The number of halogens is 1. The average Bonchev–Trinajstić information content (AvgIpc) is 3.65. The van der Waals surface area contributed by atoms with Crippen molar-refractivity contribution in [3.8, 4) is 0 Å². The lowest BCUT2D eigenvalue weighted by molar-refractivity contribution is 0.0951. The Morgan fingerprint density at radius 1 is 1.03 bits per heavy atom. The molecule has 4 aromatic rings. The highest BCUT2D eigenvalue weighted by atomic mass is 32.2. The second-order valence-corrected chi connectivity index (χ2v) is 9.07. The summed E-state index contributed by atoms with van der Waals surface area (Å²) in [5.74, 6) is 0.00652. The van der Waals surface area contributed by atoms with E-state index in [-0.39, 0.29) is 17.3 Å². The Labute approximate surface area is 194 Å². The van der Waals surface area contributed by atoms with E-state index in [9.17, 15) is 14.0 Å². The highest BCUT2D eigenvalue weighted by Crippen LogP contribution is 2.24. The number of hydrogen-bond acceptors (Lipinski definition) is 4. The summed E-state index contributed by atoms with van der Waals surface area (Å²) in [6.45, 7) is 0.306. The Bertz CT molecular complexity index is 1380. The zero-order valence-electron chi connectivity index (χ0n) is 17.8. The summed E-state index contributed by atoms with van der Waals surface area (Å²) in [6.07, 6.45) is 2.07. The molecule has 1 N–H and O–H groups in total. The van der Waals surface area contributed by atoms with Crippen LogP contribution in [0.15, 0.2) is 82.7 Å². The van der Waals surface area contributed by atoms with Crippen molar-refractivity contribution < 1.29 is 9.18 Å². The van der Waals surface area contributed by atoms with Crippen LogP contribution in [-0.2, 0) is 12.3 Å². The minimum absolute atomic E-state index is 0.0743. The van der Waals surface area contributed by atoms with Crippen LogP contribution in [0.3, 0.4) is 0 Å². The standard InChI is InChI=1S/C26H22FN3O2S/c27-22-7-3-1-5-19(22)16-33-26-29-23-8-4-2-6-21(23)25(32)30(26)15-17-9-11-18(12-10-17)24(31)28-20-13-14-20/h1-12,20H,13-16H2,(H,28,31). The van der Waals surface area contributed by atoms with E-state index in [4.69, 9.17) is 4.98 Å². The van der Waals surface area contributed by atoms with Gasteiger partial charge in [-0.2, -0.15) is 0 Å². The molecule has 33 heavy (non-hydrogen) atoms. The summed E-state index contributed by atoms with van der Waals surface area (Å²) in [7, 11) is 0. The minimum atomic E-state index is -0.278. The first-order valence-corrected chi connectivity index (χ1v) is 11.8. The molecule has 1 fully saturated rings. The van der Waals surface area contributed by atoms with Gasteiger partial charge in [0, 0.05) is 17.4 Å². The molecule has 5 rings (SSSR count). The molecule has 0 aliphatic heterocycles. The lowest BCUT2D eigenvalue weighted by atomic mass is 10.1. The monoisotopic (exact) mass is 459 g/mol. The molecule has 1 amide bonds. The van der Waals surface area contributed by atoms with Crippen molar-refractivity contribution in [2.75, 3.05) is 0 Å². The molecule has 7 heteroatoms. The second-order valence-electron chi connectivity index (χ2n) is 8.13. The van der Waals surface area contributed by atoms with Crippen molar-refractivity contribution in [3.63, 3.8) is 0 Å². The summed E-state index contributed by atoms with van der Waals surface area (Å²) in [5.41, 5.74) is 2.50. The average molecular weight is 460 g/mol. The first-order valence-electron chi connectivity index (χ1n) is 10.8. The van der Waals surface area contributed by atoms with E-state index in [0.29, 0.717) is 45.5 Å². The number of nitrogens with zero attached hydrogens (tertiary/aromatic N) is 2. The Hall–Kier alpha value is -3.45. The van der Waals surface area contributed by atoms with Gasteiger partial charge in [0.05, 0.1) is 17.4 Å². The molecule has 0 unspecified atom stereocenters. The van der Waals surface area contributed by atoms with Crippen molar-refractivity contribution in [3.05, 3.63) is 106 Å². The van der Waals surface area contributed by atoms with Gasteiger partial charge in [0.15, 0.2) is 5.16 Å². The van der Waals surface area contributed by atoms with Gasteiger partial charge in [-0.15, -0.1) is 0 Å². The van der Waals surface area contributed by atoms with Crippen molar-refractivity contribution in [1.29, 1.82) is 0 Å². The minimum Gasteiger partial charge on any atom is -0.349 e. The van der Waals surface area contributed by atoms with Crippen LogP contribution in [0.4, 0.5) is 4.39 Å². The van der Waals surface area contributed by atoms with E-state index in [2.05, 4.69) is 5.32 Å². The number of nitrogens with one attached hydrogen (secondary N) is 1. The number of carbonyl (C=O) groups is 1. The maximum Gasteiger partial charge on any atom is 0.262 e. The number of para-hydroxylation sites is 1. The van der Waals surface area contributed by atoms with Gasteiger partial charge in [0.2, 0.25) is 0 Å². The maximum atomic E-state index is 14.1. The fourth-order valence-electron chi connectivity index (χ4n) is 3.60. The molecule has 166 valence electrons. The highest BCUT2D eigenvalue weighted by molar-refractivity contribution is 7.98. The van der Waals surface area contributed by atoms with Crippen LogP contribution in [0.25, 0.3) is 10.9 Å². The molecule has 1 aliphatic rings. The van der Waals surface area contributed by atoms with Crippen LogP contribution in [0.5, 0.6) is 0 Å². The number of rotatable bonds is 7. The van der Waals surface area contributed by atoms with Crippen molar-refractivity contribution in [1.82, 2.24) is 14.9 Å². The van der Waals surface area contributed by atoms with E-state index >= 15 is 0 Å². The van der Waals surface area contributed by atoms with Crippen LogP contribution in [0, 0.1) is 5.82 Å². The van der Waals surface area contributed by atoms with Gasteiger partial charge in [-0.3, -0.25) is 14.2 Å². The van der Waals surface area contributed by atoms with Gasteiger partial charge < -0.3 is 5.32 Å². The normalized spacial score (nSPS) is 13.2. The first kappa shape index (κ1) is 21.4. The first-order chi connectivity index (χ1) is 16.1. The Morgan fingerprint density at radius 2 is 1.76 bits per heavy atom. The molecule has 5 nitrogen and oxygen atoms in total. The lowest BCUT2D eigenvalue weighted by Gasteiger charge is -2.14. The van der Waals surface area contributed by atoms with E-state index in [1.54, 1.807) is 41.0 Å². The van der Waals surface area contributed by atoms with Crippen molar-refractivity contribution >= 4 is 28.6 Å². The zero-order chi connectivity index (χ0) is 22.8. The number of amides is 1. The van der Waals surface area contributed by atoms with Crippen molar-refractivity contribution in [2.45, 2.75) is 36.3 Å². The zero-order valence-corrected chi connectivity index (χ0v) is 18.6. The number of aromatic nitrogens is 2. The van der Waals surface area contributed by atoms with E-state index in [0.717, 1.165) is 18.4 Å². The summed E-state index contributed by atoms with van der Waals surface area (Å²) in [5, 5.41) is 4.04. The second kappa shape index (κ2) is 9.19. The number of thioether (sulfide) groups is 1. The molecule has 3 aromatic carbocycles. The van der Waals surface area contributed by atoms with Gasteiger partial charge in [0.1, 0.15) is 5.82 Å². The molecule has 0 saturated heterocycles. The van der Waals surface area contributed by atoms with E-state index in [1.165, 1.54) is 17.8 Å². The maximum absolute atomic E-state index is 14.1. The van der Waals surface area contributed by atoms with Crippen LogP contribution < -0.4 is 10.9 Å². The number of carbonyl (C=O) groups excluding carboxylic acids is 1. The smallest absolute Gasteiger partial charge is 0.262 e. The van der Waals surface area contributed by atoms with Gasteiger partial charge in [-0.25, -0.2) is 9.37 Å². The molecule has 0 spiro atoms. The van der Waals surface area contributed by atoms with Crippen LogP contribution in [-0.4, -0.2) is 21.5 Å². The molecule has 1 saturated carbocycles. The number of benzene rings is 3. The third-order valence-electron chi connectivity index (χ3n) is 5.61. The van der Waals surface area contributed by atoms with E-state index in [1.807, 2.05) is 30.3 Å². The topological polar surface area (TPSA) is 64.0 Å². The summed E-state index contributed by atoms with van der Waals surface area (Å²) in [6, 6.07) is 21.4. The third kappa shape index (κ3) is 4.83. The fraction of sp³-hybridized carbons (Fsp3) is 0.192. The Balaban J connectivity index is 1.44. The highest BCUT2D eigenvalue weighted by Gasteiger charge is 2.23. The molecule has 0 atom stereocenters. The Kier molecular flexibility index (Phi) is 5.96. The largest absolute Gasteiger partial charge is 0.349 e. The number of fused-ring (bicyclic) bond motifs is 1. The number of hydrogen-bond donors (Lipinski definition) is 1. The molecule has 0 bridgehead atoms. The van der Waals surface area contributed by atoms with Crippen LogP contribution in [0.2, 0.25) is 0 Å². The summed E-state index contributed by atoms with van der Waals surface area (Å²) >= 11 is 1.33. The molecular weight excluding hydrogens is 437 g/mol. The van der Waals surface area contributed by atoms with E-state index < -0.39 is 0 Å². The van der Waals surface area contributed by atoms with Crippen LogP contribution in [0.1, 0.15) is 34.3 Å². The molecule has 1 aromatic heterocycles. The van der Waals surface area contributed by atoms with Gasteiger partial charge in [-0.1, -0.05) is 54.2 Å². The molecule has 0 radical (unpaired) electrons. The molecule has 1 heterocycles. The van der Waals surface area contributed by atoms with Gasteiger partial charge >= 0.3 is 0 Å². The quantitative estimate of drug-likeness (QED) is 0.319. The molecular formula is C26H22FN3O2S. The van der Waals surface area contributed by atoms with Crippen molar-refractivity contribution in [2.24, 2.45) is 0 Å². The van der Waals surface area contributed by atoms with Gasteiger partial charge in [-0.05, 0) is 54.3 Å². The third-order valence-corrected chi connectivity index (χ3v) is 6.64. The predicted molar refractivity (Wildman–Crippen MR) is 128 cm³/mol. The Morgan fingerprint density at radius 3 is 2.52 bits per heavy atom. The SMILES string of the molecule is O=C(NC1CC1)c1ccc(Cn2c(SCc3ccccc3F)nc3ccccc3c2=O)cc1. The lowest BCUT2D eigenvalue weighted by Crippen LogP contribution is -2.25.